The Hall–Kier alpha value is -1.58. The Morgan fingerprint density at radius 1 is 1.10 bits per heavy atom. The second kappa shape index (κ2) is 10.6. The zero-order chi connectivity index (χ0) is 21.6. The maximum atomic E-state index is 13.9. The third kappa shape index (κ3) is 6.99. The van der Waals surface area contributed by atoms with Crippen molar-refractivity contribution >= 4 is 31.3 Å². The number of nitrogens with zero attached hydrogens (tertiary/aromatic N) is 2. The van der Waals surface area contributed by atoms with E-state index in [9.17, 15) is 4.39 Å². The standard InChI is InChI=1S/C19H22ClFN3O4PS/c20-16-4-1-3-15(17(16)21)12-30-19-24-23-18(28-19)14-7-5-13(6-8-14)11-22-9-2-10-29(25,26)27/h1,3-8,22,25-27,29H,2,9-12H2. The molecule has 1 aromatic heterocycles. The van der Waals surface area contributed by atoms with Crippen LogP contribution in [0.4, 0.5) is 4.39 Å². The summed E-state index contributed by atoms with van der Waals surface area (Å²) < 4.78 is 19.6. The predicted octanol–water partition coefficient (Wildman–Crippen LogP) is 3.77. The van der Waals surface area contributed by atoms with E-state index in [1.807, 2.05) is 24.3 Å². The van der Waals surface area contributed by atoms with Gasteiger partial charge in [0, 0.05) is 5.75 Å². The molecule has 0 atom stereocenters. The van der Waals surface area contributed by atoms with E-state index in [0.29, 0.717) is 41.9 Å². The number of hydrogen-bond donors (Lipinski definition) is 4. The van der Waals surface area contributed by atoms with Gasteiger partial charge in [0.05, 0.1) is 5.02 Å². The number of halogens is 2. The van der Waals surface area contributed by atoms with Crippen molar-refractivity contribution in [3.8, 4) is 11.5 Å². The van der Waals surface area contributed by atoms with Gasteiger partial charge < -0.3 is 0 Å². The molecule has 11 heteroatoms. The molecule has 3 aromatic rings. The first-order chi connectivity index (χ1) is 14.3. The van der Waals surface area contributed by atoms with Crippen molar-refractivity contribution in [1.82, 2.24) is 15.5 Å². The third-order valence-corrected chi connectivity index (χ3v) is 6.37. The van der Waals surface area contributed by atoms with Crippen molar-refractivity contribution < 1.29 is 23.5 Å². The van der Waals surface area contributed by atoms with Gasteiger partial charge in [-0.25, -0.2) is 4.39 Å². The number of benzene rings is 2. The van der Waals surface area contributed by atoms with Crippen LogP contribution in [0.25, 0.3) is 11.5 Å². The molecule has 0 spiro atoms. The summed E-state index contributed by atoms with van der Waals surface area (Å²) in [5.41, 5.74) is 2.27. The van der Waals surface area contributed by atoms with E-state index in [-0.39, 0.29) is 11.2 Å². The van der Waals surface area contributed by atoms with E-state index < -0.39 is 13.8 Å². The Morgan fingerprint density at radius 2 is 1.87 bits per heavy atom. The minimum atomic E-state index is -3.95. The van der Waals surface area contributed by atoms with Crippen LogP contribution in [-0.4, -0.2) is 37.6 Å². The molecule has 0 radical (unpaired) electrons. The monoisotopic (exact) mass is 473 g/mol. The second-order valence-electron chi connectivity index (χ2n) is 6.63. The van der Waals surface area contributed by atoms with E-state index in [2.05, 4.69) is 15.5 Å². The van der Waals surface area contributed by atoms with Crippen LogP contribution < -0.4 is 5.32 Å². The first kappa shape index (κ1) is 23.1. The first-order valence-electron chi connectivity index (χ1n) is 9.18. The third-order valence-electron chi connectivity index (χ3n) is 4.18. The molecule has 0 bridgehead atoms. The first-order valence-corrected chi connectivity index (χ1v) is 12.6. The van der Waals surface area contributed by atoms with Gasteiger partial charge in [-0.05, 0) is 11.6 Å². The van der Waals surface area contributed by atoms with Gasteiger partial charge in [-0.3, -0.25) is 0 Å². The average molecular weight is 474 g/mol. The average Bonchev–Trinajstić information content (AvgIpc) is 3.17. The normalized spacial score (nSPS) is 12.3. The van der Waals surface area contributed by atoms with Crippen molar-refractivity contribution in [2.24, 2.45) is 0 Å². The molecule has 0 unspecified atom stereocenters. The summed E-state index contributed by atoms with van der Waals surface area (Å²) in [6, 6.07) is 12.4. The summed E-state index contributed by atoms with van der Waals surface area (Å²) in [4.78, 5) is 26.9. The van der Waals surface area contributed by atoms with Crippen LogP contribution in [0.2, 0.25) is 5.02 Å². The summed E-state index contributed by atoms with van der Waals surface area (Å²) in [5.74, 6) is 0.255. The molecule has 4 N–H and O–H groups in total. The van der Waals surface area contributed by atoms with Gasteiger partial charge in [0.25, 0.3) is 0 Å². The van der Waals surface area contributed by atoms with E-state index in [1.165, 1.54) is 17.8 Å². The molecule has 0 saturated heterocycles. The molecule has 1 heterocycles. The summed E-state index contributed by atoms with van der Waals surface area (Å²) in [6.45, 7) is 1.17. The Bertz CT molecular complexity index is 969. The number of nitrogens with one attached hydrogen (secondary N) is 1. The summed E-state index contributed by atoms with van der Waals surface area (Å²) >= 11 is 7.02. The van der Waals surface area contributed by atoms with Crippen LogP contribution >= 0.6 is 31.3 Å². The van der Waals surface area contributed by atoms with Crippen LogP contribution in [0.1, 0.15) is 17.5 Å². The fraction of sp³-hybridized carbons (Fsp3) is 0.263. The van der Waals surface area contributed by atoms with Crippen LogP contribution in [0.5, 0.6) is 0 Å². The van der Waals surface area contributed by atoms with E-state index in [1.54, 1.807) is 12.1 Å². The van der Waals surface area contributed by atoms with Crippen molar-refractivity contribution in [3.05, 3.63) is 64.4 Å². The van der Waals surface area contributed by atoms with Crippen LogP contribution in [0.3, 0.4) is 0 Å². The zero-order valence-corrected chi connectivity index (χ0v) is 18.5. The van der Waals surface area contributed by atoms with Gasteiger partial charge in [-0.15, -0.1) is 0 Å². The fourth-order valence-corrected chi connectivity index (χ4v) is 4.22. The van der Waals surface area contributed by atoms with E-state index in [4.69, 9.17) is 30.7 Å². The SMILES string of the molecule is O[PH](O)(O)CCCNCc1ccc(-c2nnc(SCc3cccc(Cl)c3F)o2)cc1. The molecule has 3 rings (SSSR count). The molecule has 0 saturated carbocycles. The Morgan fingerprint density at radius 3 is 2.60 bits per heavy atom. The molecule has 0 aliphatic rings. The maximum absolute atomic E-state index is 13.9. The van der Waals surface area contributed by atoms with E-state index in [0.717, 1.165) is 11.1 Å². The van der Waals surface area contributed by atoms with Crippen LogP contribution in [-0.2, 0) is 12.3 Å². The summed E-state index contributed by atoms with van der Waals surface area (Å²) in [5, 5.41) is 11.6. The second-order valence-corrected chi connectivity index (χ2v) is 10.0. The zero-order valence-electron chi connectivity index (χ0n) is 15.9. The van der Waals surface area contributed by atoms with E-state index >= 15 is 0 Å². The summed E-state index contributed by atoms with van der Waals surface area (Å²) in [6.07, 6.45) is 0.496. The van der Waals surface area contributed by atoms with Crippen LogP contribution in [0.15, 0.2) is 52.1 Å². The molecule has 7 nitrogen and oxygen atoms in total. The van der Waals surface area contributed by atoms with Gasteiger partial charge >= 0.3 is 115 Å². The molecule has 0 fully saturated rings. The van der Waals surface area contributed by atoms with Crippen molar-refractivity contribution in [3.63, 3.8) is 0 Å². The minimum absolute atomic E-state index is 0.0143. The Kier molecular flexibility index (Phi) is 8.19. The molecular formula is C19H22ClFN3O4PS. The van der Waals surface area contributed by atoms with Gasteiger partial charge in [-0.2, -0.15) is 0 Å². The van der Waals surface area contributed by atoms with Crippen molar-refractivity contribution in [1.29, 1.82) is 0 Å². The van der Waals surface area contributed by atoms with Gasteiger partial charge in [0.2, 0.25) is 0 Å². The van der Waals surface area contributed by atoms with Gasteiger partial charge in [0.1, 0.15) is 5.82 Å². The number of thioether (sulfide) groups is 1. The van der Waals surface area contributed by atoms with Gasteiger partial charge in [-0.1, -0.05) is 35.5 Å². The number of aromatic nitrogens is 2. The van der Waals surface area contributed by atoms with Crippen molar-refractivity contribution in [2.75, 3.05) is 12.7 Å². The summed E-state index contributed by atoms with van der Waals surface area (Å²) in [7, 11) is -3.95. The topological polar surface area (TPSA) is 112 Å². The molecule has 162 valence electrons. The quantitative estimate of drug-likeness (QED) is 0.200. The molecule has 0 aliphatic carbocycles. The fourth-order valence-electron chi connectivity index (χ4n) is 2.63. The number of hydrogen-bond acceptors (Lipinski definition) is 8. The molecule has 0 amide bonds. The van der Waals surface area contributed by atoms with Crippen LogP contribution in [0, 0.1) is 5.82 Å². The molecule has 0 aliphatic heterocycles. The number of rotatable bonds is 10. The Labute approximate surface area is 182 Å². The molecular weight excluding hydrogens is 452 g/mol. The van der Waals surface area contributed by atoms with Gasteiger partial charge in [0.15, 0.2) is 0 Å². The molecule has 2 aromatic carbocycles. The predicted molar refractivity (Wildman–Crippen MR) is 117 cm³/mol. The van der Waals surface area contributed by atoms with Crippen molar-refractivity contribution in [2.45, 2.75) is 23.9 Å². The Balaban J connectivity index is 1.50. The molecule has 30 heavy (non-hydrogen) atoms.